The van der Waals surface area contributed by atoms with E-state index in [9.17, 15) is 9.90 Å². The third-order valence-electron chi connectivity index (χ3n) is 2.74. The number of aliphatic hydroxyl groups excluding tert-OH is 1. The molecule has 0 spiro atoms. The van der Waals surface area contributed by atoms with Crippen LogP contribution in [0.2, 0.25) is 5.02 Å². The molecule has 4 nitrogen and oxygen atoms in total. The van der Waals surface area contributed by atoms with Crippen molar-refractivity contribution in [3.63, 3.8) is 0 Å². The molecule has 100 valence electrons. The lowest BCUT2D eigenvalue weighted by Gasteiger charge is -2.19. The quantitative estimate of drug-likeness (QED) is 0.884. The van der Waals surface area contributed by atoms with Gasteiger partial charge in [-0.05, 0) is 38.0 Å². The highest BCUT2D eigenvalue weighted by Crippen LogP contribution is 2.23. The molecule has 0 fully saturated rings. The van der Waals surface area contributed by atoms with E-state index in [1.807, 2.05) is 13.0 Å². The van der Waals surface area contributed by atoms with Gasteiger partial charge >= 0.3 is 6.03 Å². The summed E-state index contributed by atoms with van der Waals surface area (Å²) < 4.78 is 0. The second-order valence-corrected chi connectivity index (χ2v) is 4.81. The summed E-state index contributed by atoms with van der Waals surface area (Å²) in [4.78, 5) is 13.4. The van der Waals surface area contributed by atoms with Crippen LogP contribution in [0.5, 0.6) is 0 Å². The first-order valence-corrected chi connectivity index (χ1v) is 6.25. The lowest BCUT2D eigenvalue weighted by molar-refractivity contribution is 0.167. The van der Waals surface area contributed by atoms with Crippen molar-refractivity contribution in [1.82, 2.24) is 4.90 Å². The molecule has 0 aliphatic carbocycles. The number of benzene rings is 1. The number of carbonyl (C=O) groups is 1. The Hall–Kier alpha value is -1.26. The molecule has 0 radical (unpaired) electrons. The number of nitrogens with zero attached hydrogens (tertiary/aromatic N) is 1. The lowest BCUT2D eigenvalue weighted by atomic mass is 10.2. The number of rotatable bonds is 4. The zero-order chi connectivity index (χ0) is 13.7. The maximum atomic E-state index is 11.9. The van der Waals surface area contributed by atoms with E-state index in [0.717, 1.165) is 5.56 Å². The molecule has 2 N–H and O–H groups in total. The predicted octanol–water partition coefficient (Wildman–Crippen LogP) is 2.88. The Morgan fingerprint density at radius 2 is 2.22 bits per heavy atom. The number of carbonyl (C=O) groups excluding carboxylic acids is 1. The molecular weight excluding hydrogens is 252 g/mol. The molecule has 0 saturated heterocycles. The largest absolute Gasteiger partial charge is 0.393 e. The van der Waals surface area contributed by atoms with Crippen LogP contribution in [-0.4, -0.2) is 35.7 Å². The molecular formula is C13H19ClN2O2. The predicted molar refractivity (Wildman–Crippen MR) is 74.1 cm³/mol. The SMILES string of the molecule is Cc1c(Cl)cccc1NC(=O)N(C)CCC(C)O. The number of hydrogen-bond acceptors (Lipinski definition) is 2. The zero-order valence-corrected chi connectivity index (χ0v) is 11.7. The van der Waals surface area contributed by atoms with Crippen molar-refractivity contribution in [2.24, 2.45) is 0 Å². The second kappa shape index (κ2) is 6.61. The van der Waals surface area contributed by atoms with Gasteiger partial charge in [-0.2, -0.15) is 0 Å². The summed E-state index contributed by atoms with van der Waals surface area (Å²) in [5.41, 5.74) is 1.55. The fourth-order valence-corrected chi connectivity index (χ4v) is 1.61. The van der Waals surface area contributed by atoms with E-state index >= 15 is 0 Å². The molecule has 0 aliphatic heterocycles. The van der Waals surface area contributed by atoms with Crippen LogP contribution in [0.4, 0.5) is 10.5 Å². The minimum atomic E-state index is -0.409. The van der Waals surface area contributed by atoms with Crippen LogP contribution in [0, 0.1) is 6.92 Å². The number of urea groups is 1. The van der Waals surface area contributed by atoms with Crippen molar-refractivity contribution >= 4 is 23.3 Å². The van der Waals surface area contributed by atoms with Crippen LogP contribution in [-0.2, 0) is 0 Å². The van der Waals surface area contributed by atoms with Gasteiger partial charge in [0.2, 0.25) is 0 Å². The van der Waals surface area contributed by atoms with E-state index in [1.165, 1.54) is 4.90 Å². The van der Waals surface area contributed by atoms with Crippen molar-refractivity contribution in [1.29, 1.82) is 0 Å². The fraction of sp³-hybridized carbons (Fsp3) is 0.462. The van der Waals surface area contributed by atoms with E-state index in [-0.39, 0.29) is 6.03 Å². The Bertz CT molecular complexity index is 421. The van der Waals surface area contributed by atoms with Crippen molar-refractivity contribution in [3.05, 3.63) is 28.8 Å². The van der Waals surface area contributed by atoms with E-state index < -0.39 is 6.10 Å². The van der Waals surface area contributed by atoms with Crippen LogP contribution < -0.4 is 5.32 Å². The van der Waals surface area contributed by atoms with Crippen LogP contribution in [0.25, 0.3) is 0 Å². The third-order valence-corrected chi connectivity index (χ3v) is 3.15. The average Bonchev–Trinajstić information content (AvgIpc) is 2.31. The smallest absolute Gasteiger partial charge is 0.321 e. The van der Waals surface area contributed by atoms with Gasteiger partial charge in [0.25, 0.3) is 0 Å². The van der Waals surface area contributed by atoms with Crippen molar-refractivity contribution in [2.45, 2.75) is 26.4 Å². The Kier molecular flexibility index (Phi) is 5.44. The topological polar surface area (TPSA) is 52.6 Å². The van der Waals surface area contributed by atoms with E-state index in [4.69, 9.17) is 11.6 Å². The van der Waals surface area contributed by atoms with Gasteiger partial charge in [0.1, 0.15) is 0 Å². The molecule has 1 aromatic rings. The highest BCUT2D eigenvalue weighted by atomic mass is 35.5. The standard InChI is InChI=1S/C13H19ClN2O2/c1-9(17)7-8-16(3)13(18)15-12-6-4-5-11(14)10(12)2/h4-6,9,17H,7-8H2,1-3H3,(H,15,18). The third kappa shape index (κ3) is 4.20. The maximum absolute atomic E-state index is 11.9. The minimum absolute atomic E-state index is 0.207. The Morgan fingerprint density at radius 3 is 2.83 bits per heavy atom. The van der Waals surface area contributed by atoms with Gasteiger partial charge in [0.05, 0.1) is 6.10 Å². The van der Waals surface area contributed by atoms with Gasteiger partial charge in [-0.25, -0.2) is 4.79 Å². The number of amides is 2. The molecule has 0 aromatic heterocycles. The molecule has 0 aliphatic rings. The van der Waals surface area contributed by atoms with Crippen molar-refractivity contribution in [2.75, 3.05) is 18.9 Å². The molecule has 1 atom stereocenters. The van der Waals surface area contributed by atoms with Crippen molar-refractivity contribution < 1.29 is 9.90 Å². The molecule has 0 bridgehead atoms. The van der Waals surface area contributed by atoms with Gasteiger partial charge < -0.3 is 15.3 Å². The maximum Gasteiger partial charge on any atom is 0.321 e. The first-order chi connectivity index (χ1) is 8.41. The van der Waals surface area contributed by atoms with Crippen LogP contribution in [0.1, 0.15) is 18.9 Å². The van der Waals surface area contributed by atoms with E-state index in [0.29, 0.717) is 23.7 Å². The first kappa shape index (κ1) is 14.8. The molecule has 0 saturated carbocycles. The van der Waals surface area contributed by atoms with Crippen LogP contribution in [0.3, 0.4) is 0 Å². The normalized spacial score (nSPS) is 12.1. The van der Waals surface area contributed by atoms with E-state index in [2.05, 4.69) is 5.32 Å². The Morgan fingerprint density at radius 1 is 1.56 bits per heavy atom. The molecule has 18 heavy (non-hydrogen) atoms. The lowest BCUT2D eigenvalue weighted by Crippen LogP contribution is -2.33. The summed E-state index contributed by atoms with van der Waals surface area (Å²) in [7, 11) is 1.69. The Labute approximate surface area is 113 Å². The Balaban J connectivity index is 2.61. The van der Waals surface area contributed by atoms with E-state index in [1.54, 1.807) is 26.1 Å². The molecule has 1 rings (SSSR count). The summed E-state index contributed by atoms with van der Waals surface area (Å²) in [6.07, 6.45) is 0.145. The van der Waals surface area contributed by atoms with Crippen LogP contribution in [0.15, 0.2) is 18.2 Å². The number of aliphatic hydroxyl groups is 1. The monoisotopic (exact) mass is 270 g/mol. The van der Waals surface area contributed by atoms with Gasteiger partial charge in [0.15, 0.2) is 0 Å². The highest BCUT2D eigenvalue weighted by molar-refractivity contribution is 6.31. The average molecular weight is 271 g/mol. The number of anilines is 1. The highest BCUT2D eigenvalue weighted by Gasteiger charge is 2.11. The van der Waals surface area contributed by atoms with Gasteiger partial charge in [-0.1, -0.05) is 17.7 Å². The summed E-state index contributed by atoms with van der Waals surface area (Å²) in [5, 5.41) is 12.6. The molecule has 2 amide bonds. The zero-order valence-electron chi connectivity index (χ0n) is 10.9. The molecule has 0 heterocycles. The molecule has 1 unspecified atom stereocenters. The fourth-order valence-electron chi connectivity index (χ4n) is 1.44. The number of nitrogens with one attached hydrogen (secondary N) is 1. The second-order valence-electron chi connectivity index (χ2n) is 4.40. The molecule has 1 aromatic carbocycles. The number of hydrogen-bond donors (Lipinski definition) is 2. The first-order valence-electron chi connectivity index (χ1n) is 5.87. The summed E-state index contributed by atoms with van der Waals surface area (Å²) in [6.45, 7) is 4.06. The van der Waals surface area contributed by atoms with Crippen LogP contribution >= 0.6 is 11.6 Å². The summed E-state index contributed by atoms with van der Waals surface area (Å²) >= 11 is 5.98. The molecule has 5 heteroatoms. The number of halogens is 1. The summed E-state index contributed by atoms with van der Waals surface area (Å²) in [6, 6.07) is 5.17. The van der Waals surface area contributed by atoms with Gasteiger partial charge in [-0.3, -0.25) is 0 Å². The van der Waals surface area contributed by atoms with Gasteiger partial charge in [-0.15, -0.1) is 0 Å². The van der Waals surface area contributed by atoms with Crippen molar-refractivity contribution in [3.8, 4) is 0 Å². The van der Waals surface area contributed by atoms with Gasteiger partial charge in [0, 0.05) is 24.3 Å². The minimum Gasteiger partial charge on any atom is -0.393 e. The summed E-state index contributed by atoms with van der Waals surface area (Å²) in [5.74, 6) is 0.